The summed E-state index contributed by atoms with van der Waals surface area (Å²) in [6.45, 7) is 1.80. The number of aromatic hydroxyl groups is 1. The largest absolute Gasteiger partial charge is 0.508 e. The molecular weight excluding hydrogens is 304 g/mol. The number of nitrogens with zero attached hydrogens (tertiary/aromatic N) is 1. The third-order valence-electron chi connectivity index (χ3n) is 3.93. The van der Waals surface area contributed by atoms with Crippen LogP contribution in [0.25, 0.3) is 33.4 Å². The smallest absolute Gasteiger partial charge is 0.260 e. The predicted molar refractivity (Wildman–Crippen MR) is 91.9 cm³/mol. The molecule has 2 heterocycles. The third kappa shape index (κ3) is 2.27. The summed E-state index contributed by atoms with van der Waals surface area (Å²) in [6.07, 6.45) is 0. The van der Waals surface area contributed by atoms with E-state index >= 15 is 0 Å². The SMILES string of the molecule is Cc1cc(-c2c(-c3ccccc3)c3cc(O)ccc3[nH]c2=O)on1. The van der Waals surface area contributed by atoms with E-state index in [1.165, 1.54) is 0 Å². The maximum Gasteiger partial charge on any atom is 0.260 e. The first-order valence-corrected chi connectivity index (χ1v) is 7.51. The average molecular weight is 318 g/mol. The molecule has 0 spiro atoms. The van der Waals surface area contributed by atoms with Gasteiger partial charge in [0.15, 0.2) is 5.76 Å². The molecule has 2 aromatic heterocycles. The predicted octanol–water partition coefficient (Wildman–Crippen LogP) is 3.86. The highest BCUT2D eigenvalue weighted by Gasteiger charge is 2.19. The number of fused-ring (bicyclic) bond motifs is 1. The van der Waals surface area contributed by atoms with Gasteiger partial charge in [-0.25, -0.2) is 0 Å². The van der Waals surface area contributed by atoms with Crippen molar-refractivity contribution in [1.82, 2.24) is 10.1 Å². The number of rotatable bonds is 2. The molecule has 0 aliphatic carbocycles. The van der Waals surface area contributed by atoms with Gasteiger partial charge in [0.25, 0.3) is 5.56 Å². The molecule has 4 aromatic rings. The average Bonchev–Trinajstić information content (AvgIpc) is 3.01. The number of aromatic nitrogens is 2. The molecule has 0 saturated carbocycles. The number of aryl methyl sites for hydroxylation is 1. The molecule has 5 nitrogen and oxygen atoms in total. The second-order valence-electron chi connectivity index (χ2n) is 5.63. The molecule has 2 aromatic carbocycles. The molecule has 24 heavy (non-hydrogen) atoms. The Morgan fingerprint density at radius 1 is 1.04 bits per heavy atom. The van der Waals surface area contributed by atoms with Crippen molar-refractivity contribution >= 4 is 10.9 Å². The molecule has 0 atom stereocenters. The molecule has 0 saturated heterocycles. The highest BCUT2D eigenvalue weighted by atomic mass is 16.5. The molecule has 4 rings (SSSR count). The lowest BCUT2D eigenvalue weighted by Gasteiger charge is -2.11. The van der Waals surface area contributed by atoms with Crippen LogP contribution in [0, 0.1) is 6.92 Å². The van der Waals surface area contributed by atoms with Gasteiger partial charge in [-0.2, -0.15) is 0 Å². The van der Waals surface area contributed by atoms with Gasteiger partial charge in [-0.1, -0.05) is 35.5 Å². The van der Waals surface area contributed by atoms with E-state index < -0.39 is 0 Å². The van der Waals surface area contributed by atoms with Gasteiger partial charge in [-0.05, 0) is 30.7 Å². The van der Waals surface area contributed by atoms with E-state index in [-0.39, 0.29) is 11.3 Å². The maximum atomic E-state index is 12.7. The monoisotopic (exact) mass is 318 g/mol. The van der Waals surface area contributed by atoms with Gasteiger partial charge in [-0.15, -0.1) is 0 Å². The normalized spacial score (nSPS) is 11.0. The van der Waals surface area contributed by atoms with E-state index in [4.69, 9.17) is 4.52 Å². The van der Waals surface area contributed by atoms with Crippen molar-refractivity contribution in [2.24, 2.45) is 0 Å². The number of hydrogen-bond acceptors (Lipinski definition) is 4. The van der Waals surface area contributed by atoms with Gasteiger partial charge in [0.05, 0.1) is 11.3 Å². The van der Waals surface area contributed by atoms with Gasteiger partial charge in [-0.3, -0.25) is 4.79 Å². The summed E-state index contributed by atoms with van der Waals surface area (Å²) >= 11 is 0. The summed E-state index contributed by atoms with van der Waals surface area (Å²) in [6, 6.07) is 16.2. The van der Waals surface area contributed by atoms with Crippen molar-refractivity contribution in [1.29, 1.82) is 0 Å². The quantitative estimate of drug-likeness (QED) is 0.588. The first-order valence-electron chi connectivity index (χ1n) is 7.51. The Bertz CT molecular complexity index is 1090. The van der Waals surface area contributed by atoms with Gasteiger partial charge in [0.1, 0.15) is 5.75 Å². The Morgan fingerprint density at radius 3 is 2.54 bits per heavy atom. The topological polar surface area (TPSA) is 79.1 Å². The van der Waals surface area contributed by atoms with E-state index in [9.17, 15) is 9.90 Å². The van der Waals surface area contributed by atoms with Crippen molar-refractivity contribution in [3.8, 4) is 28.2 Å². The standard InChI is InChI=1S/C19H14N2O3/c1-11-9-16(24-21-11)18-17(12-5-3-2-4-6-12)14-10-13(22)7-8-15(14)20-19(18)23/h2-10,22H,1H3,(H,20,23). The molecule has 0 aliphatic heterocycles. The number of nitrogens with one attached hydrogen (secondary N) is 1. The highest BCUT2D eigenvalue weighted by Crippen LogP contribution is 2.36. The maximum absolute atomic E-state index is 12.7. The van der Waals surface area contributed by atoms with Crippen LogP contribution in [0.4, 0.5) is 0 Å². The van der Waals surface area contributed by atoms with E-state index in [0.29, 0.717) is 28.1 Å². The van der Waals surface area contributed by atoms with Crippen molar-refractivity contribution in [2.45, 2.75) is 6.92 Å². The molecule has 5 heteroatoms. The van der Waals surface area contributed by atoms with E-state index in [0.717, 1.165) is 10.9 Å². The fraction of sp³-hybridized carbons (Fsp3) is 0.0526. The number of phenols is 1. The molecule has 0 fully saturated rings. The summed E-state index contributed by atoms with van der Waals surface area (Å²) < 4.78 is 5.34. The van der Waals surface area contributed by atoms with Crippen LogP contribution in [0.3, 0.4) is 0 Å². The zero-order valence-corrected chi connectivity index (χ0v) is 12.9. The Labute approximate surface area is 137 Å². The summed E-state index contributed by atoms with van der Waals surface area (Å²) in [4.78, 5) is 15.6. The van der Waals surface area contributed by atoms with E-state index in [2.05, 4.69) is 10.1 Å². The number of aromatic amines is 1. The van der Waals surface area contributed by atoms with Crippen LogP contribution in [0.5, 0.6) is 5.75 Å². The van der Waals surface area contributed by atoms with Crippen LogP contribution in [-0.2, 0) is 0 Å². The minimum atomic E-state index is -0.261. The van der Waals surface area contributed by atoms with Crippen LogP contribution in [-0.4, -0.2) is 15.2 Å². The van der Waals surface area contributed by atoms with Crippen molar-refractivity contribution in [3.05, 3.63) is 70.6 Å². The van der Waals surface area contributed by atoms with Gasteiger partial charge in [0, 0.05) is 22.5 Å². The van der Waals surface area contributed by atoms with Crippen molar-refractivity contribution in [2.75, 3.05) is 0 Å². The molecule has 2 N–H and O–H groups in total. The second-order valence-corrected chi connectivity index (χ2v) is 5.63. The molecule has 0 unspecified atom stereocenters. The summed E-state index contributed by atoms with van der Waals surface area (Å²) in [5, 5.41) is 14.5. The van der Waals surface area contributed by atoms with E-state index in [1.54, 1.807) is 31.2 Å². The van der Waals surface area contributed by atoms with Gasteiger partial charge >= 0.3 is 0 Å². The lowest BCUT2D eigenvalue weighted by Crippen LogP contribution is -2.10. The molecule has 0 aliphatic rings. The lowest BCUT2D eigenvalue weighted by molar-refractivity contribution is 0.427. The molecule has 118 valence electrons. The number of hydrogen-bond donors (Lipinski definition) is 2. The van der Waals surface area contributed by atoms with Crippen LogP contribution < -0.4 is 5.56 Å². The van der Waals surface area contributed by atoms with E-state index in [1.807, 2.05) is 30.3 Å². The molecular formula is C19H14N2O3. The molecule has 0 bridgehead atoms. The minimum Gasteiger partial charge on any atom is -0.508 e. The minimum absolute atomic E-state index is 0.131. The fourth-order valence-electron chi connectivity index (χ4n) is 2.90. The van der Waals surface area contributed by atoms with Crippen LogP contribution in [0.1, 0.15) is 5.69 Å². The lowest BCUT2D eigenvalue weighted by atomic mass is 9.95. The Balaban J connectivity index is 2.18. The second kappa shape index (κ2) is 5.38. The highest BCUT2D eigenvalue weighted by molar-refractivity contribution is 6.01. The Kier molecular flexibility index (Phi) is 3.20. The Morgan fingerprint density at radius 2 is 1.83 bits per heavy atom. The van der Waals surface area contributed by atoms with Crippen molar-refractivity contribution in [3.63, 3.8) is 0 Å². The number of phenolic OH excluding ortho intramolecular Hbond substituents is 1. The van der Waals surface area contributed by atoms with Crippen molar-refractivity contribution < 1.29 is 9.63 Å². The Hall–Kier alpha value is -3.34. The van der Waals surface area contributed by atoms with Crippen LogP contribution in [0.15, 0.2) is 63.9 Å². The summed E-state index contributed by atoms with van der Waals surface area (Å²) in [5.74, 6) is 0.532. The summed E-state index contributed by atoms with van der Waals surface area (Å²) in [7, 11) is 0. The fourth-order valence-corrected chi connectivity index (χ4v) is 2.90. The van der Waals surface area contributed by atoms with Crippen LogP contribution in [0.2, 0.25) is 0 Å². The molecule has 0 amide bonds. The number of H-pyrrole nitrogens is 1. The van der Waals surface area contributed by atoms with Gasteiger partial charge < -0.3 is 14.6 Å². The third-order valence-corrected chi connectivity index (χ3v) is 3.93. The molecule has 0 radical (unpaired) electrons. The van der Waals surface area contributed by atoms with Crippen LogP contribution >= 0.6 is 0 Å². The van der Waals surface area contributed by atoms with Gasteiger partial charge in [0.2, 0.25) is 0 Å². The number of pyridine rings is 1. The zero-order valence-electron chi connectivity index (χ0n) is 12.9. The first kappa shape index (κ1) is 14.3. The zero-order chi connectivity index (χ0) is 16.7. The number of benzene rings is 2. The summed E-state index contributed by atoms with van der Waals surface area (Å²) in [5.41, 5.74) is 3.06. The first-order chi connectivity index (χ1) is 11.6.